The Kier molecular flexibility index (Phi) is 10.6. The van der Waals surface area contributed by atoms with E-state index in [1.165, 1.54) is 0 Å². The van der Waals surface area contributed by atoms with Gasteiger partial charge < -0.3 is 15.1 Å². The Morgan fingerprint density at radius 3 is 2.14 bits per heavy atom. The van der Waals surface area contributed by atoms with E-state index in [2.05, 4.69) is 38.3 Å². The Hall–Kier alpha value is -5.25. The lowest BCUT2D eigenvalue weighted by Crippen LogP contribution is -2.54. The number of fused-ring (bicyclic) bond motifs is 2. The molecule has 4 aliphatic heterocycles. The third-order valence-electron chi connectivity index (χ3n) is 12.4. The quantitative estimate of drug-likeness (QED) is 0.273. The number of benzene rings is 3. The largest absolute Gasteiger partial charge is 0.372 e. The minimum absolute atomic E-state index is 0.0397. The highest BCUT2D eigenvalue weighted by Gasteiger charge is 2.45. The average Bonchev–Trinajstić information content (AvgIpc) is 3.70. The van der Waals surface area contributed by atoms with Crippen molar-refractivity contribution in [1.82, 2.24) is 20.4 Å². The molecular weight excluding hydrogens is 730 g/mol. The first kappa shape index (κ1) is 37.7. The number of hydrogen-bond acceptors (Lipinski definition) is 9. The summed E-state index contributed by atoms with van der Waals surface area (Å²) in [5, 5.41) is 15.2. The van der Waals surface area contributed by atoms with Gasteiger partial charge in [0.25, 0.3) is 17.7 Å². The first-order valence-electron chi connectivity index (χ1n) is 19.8. The SMILES string of the molecule is CCN(c1ccc(C#N)c(Cl)c1)[C@H]1CC[C@H](NC(=O)c2ccc(N3CCC(CN4Cc5cc6c(cc5C4)C(=O)N([C@H]4CCC(=O)NC4=O)C6=O)CC3)cc2)CC1. The van der Waals surface area contributed by atoms with Gasteiger partial charge in [0.2, 0.25) is 11.8 Å². The minimum atomic E-state index is -0.960. The summed E-state index contributed by atoms with van der Waals surface area (Å²) in [6, 6.07) is 18.9. The van der Waals surface area contributed by atoms with Gasteiger partial charge in [-0.25, -0.2) is 0 Å². The van der Waals surface area contributed by atoms with Crippen molar-refractivity contribution >= 4 is 52.5 Å². The highest BCUT2D eigenvalue weighted by Crippen LogP contribution is 2.35. The minimum Gasteiger partial charge on any atom is -0.372 e. The number of halogens is 1. The molecule has 0 aromatic heterocycles. The number of amides is 5. The molecule has 3 aromatic rings. The van der Waals surface area contributed by atoms with Crippen molar-refractivity contribution in [2.24, 2.45) is 5.92 Å². The van der Waals surface area contributed by atoms with Crippen molar-refractivity contribution < 1.29 is 24.0 Å². The van der Waals surface area contributed by atoms with Crippen LogP contribution in [-0.2, 0) is 22.7 Å². The number of piperidine rings is 2. The van der Waals surface area contributed by atoms with E-state index in [0.717, 1.165) is 92.1 Å². The van der Waals surface area contributed by atoms with Crippen LogP contribution in [0.25, 0.3) is 0 Å². The zero-order chi connectivity index (χ0) is 39.1. The number of hydrogen-bond donors (Lipinski definition) is 2. The predicted molar refractivity (Wildman–Crippen MR) is 211 cm³/mol. The van der Waals surface area contributed by atoms with Crippen LogP contribution in [0.15, 0.2) is 54.6 Å². The van der Waals surface area contributed by atoms with Crippen LogP contribution in [0.1, 0.15) is 106 Å². The van der Waals surface area contributed by atoms with Crippen LogP contribution >= 0.6 is 11.6 Å². The Bertz CT molecular complexity index is 2070. The molecule has 2 saturated heterocycles. The molecule has 1 saturated carbocycles. The van der Waals surface area contributed by atoms with Gasteiger partial charge in [-0.3, -0.25) is 39.1 Å². The smallest absolute Gasteiger partial charge is 0.262 e. The molecule has 56 heavy (non-hydrogen) atoms. The van der Waals surface area contributed by atoms with Crippen LogP contribution in [0.5, 0.6) is 0 Å². The highest BCUT2D eigenvalue weighted by atomic mass is 35.5. The maximum atomic E-state index is 13.3. The van der Waals surface area contributed by atoms with Crippen LogP contribution in [-0.4, -0.2) is 83.6 Å². The van der Waals surface area contributed by atoms with Crippen molar-refractivity contribution in [2.75, 3.05) is 36.0 Å². The van der Waals surface area contributed by atoms with Gasteiger partial charge in [-0.1, -0.05) is 11.6 Å². The van der Waals surface area contributed by atoms with Crippen LogP contribution in [0.4, 0.5) is 11.4 Å². The molecule has 290 valence electrons. The number of anilines is 2. The van der Waals surface area contributed by atoms with Gasteiger partial charge in [-0.2, -0.15) is 5.26 Å². The van der Waals surface area contributed by atoms with Crippen LogP contribution in [0, 0.1) is 17.2 Å². The van der Waals surface area contributed by atoms with Crippen molar-refractivity contribution in [3.05, 3.63) is 93.0 Å². The molecular formula is C43H46ClN7O5. The second-order valence-electron chi connectivity index (χ2n) is 15.8. The van der Waals surface area contributed by atoms with E-state index in [-0.39, 0.29) is 30.7 Å². The summed E-state index contributed by atoms with van der Waals surface area (Å²) in [6.07, 6.45) is 6.06. The summed E-state index contributed by atoms with van der Waals surface area (Å²) in [5.74, 6) is -1.44. The lowest BCUT2D eigenvalue weighted by atomic mass is 9.89. The van der Waals surface area contributed by atoms with Gasteiger partial charge in [0.1, 0.15) is 12.1 Å². The molecule has 8 rings (SSSR count). The summed E-state index contributed by atoms with van der Waals surface area (Å²) in [7, 11) is 0. The van der Waals surface area contributed by atoms with Crippen molar-refractivity contribution in [2.45, 2.75) is 89.5 Å². The Labute approximate surface area is 331 Å². The maximum absolute atomic E-state index is 13.3. The second kappa shape index (κ2) is 15.7. The van der Waals surface area contributed by atoms with Crippen LogP contribution < -0.4 is 20.4 Å². The summed E-state index contributed by atoms with van der Waals surface area (Å²) in [6.45, 7) is 7.17. The fourth-order valence-electron chi connectivity index (χ4n) is 9.36. The number of nitriles is 1. The molecule has 1 atom stereocenters. The lowest BCUT2D eigenvalue weighted by Gasteiger charge is -2.38. The van der Waals surface area contributed by atoms with E-state index in [9.17, 15) is 29.2 Å². The predicted octanol–water partition coefficient (Wildman–Crippen LogP) is 5.41. The third-order valence-corrected chi connectivity index (χ3v) is 12.7. The van der Waals surface area contributed by atoms with E-state index in [0.29, 0.717) is 52.3 Å². The van der Waals surface area contributed by atoms with E-state index in [4.69, 9.17) is 11.6 Å². The molecule has 4 heterocycles. The number of nitrogens with one attached hydrogen (secondary N) is 2. The number of imide groups is 2. The molecule has 13 heteroatoms. The van der Waals surface area contributed by atoms with Crippen LogP contribution in [0.3, 0.4) is 0 Å². The van der Waals surface area contributed by atoms with Crippen molar-refractivity contribution in [3.8, 4) is 6.07 Å². The molecule has 5 aliphatic rings. The topological polar surface area (TPSA) is 146 Å². The molecule has 0 spiro atoms. The first-order chi connectivity index (χ1) is 27.1. The molecule has 0 unspecified atom stereocenters. The van der Waals surface area contributed by atoms with E-state index in [1.54, 1.807) is 6.07 Å². The normalized spacial score (nSPS) is 22.8. The van der Waals surface area contributed by atoms with Crippen molar-refractivity contribution in [3.63, 3.8) is 0 Å². The molecule has 3 aromatic carbocycles. The van der Waals surface area contributed by atoms with Gasteiger partial charge in [-0.05, 0) is 124 Å². The molecule has 0 radical (unpaired) electrons. The Balaban J connectivity index is 0.787. The summed E-state index contributed by atoms with van der Waals surface area (Å²) >= 11 is 6.32. The van der Waals surface area contributed by atoms with E-state index < -0.39 is 23.8 Å². The molecule has 1 aliphatic carbocycles. The monoisotopic (exact) mass is 775 g/mol. The summed E-state index contributed by atoms with van der Waals surface area (Å²) in [5.41, 5.74) is 6.05. The highest BCUT2D eigenvalue weighted by molar-refractivity contribution is 6.32. The average molecular weight is 776 g/mol. The number of carbonyl (C=O) groups excluding carboxylic acids is 5. The van der Waals surface area contributed by atoms with Gasteiger partial charge in [0.05, 0.1) is 21.7 Å². The van der Waals surface area contributed by atoms with Gasteiger partial charge in [-0.15, -0.1) is 0 Å². The first-order valence-corrected chi connectivity index (χ1v) is 20.2. The van der Waals surface area contributed by atoms with E-state index in [1.807, 2.05) is 48.5 Å². The molecule has 2 N–H and O–H groups in total. The van der Waals surface area contributed by atoms with Gasteiger partial charge >= 0.3 is 0 Å². The number of rotatable bonds is 9. The molecule has 12 nitrogen and oxygen atoms in total. The van der Waals surface area contributed by atoms with Gasteiger partial charge in [0, 0.05) is 74.7 Å². The lowest BCUT2D eigenvalue weighted by molar-refractivity contribution is -0.136. The maximum Gasteiger partial charge on any atom is 0.262 e. The summed E-state index contributed by atoms with van der Waals surface area (Å²) < 4.78 is 0. The van der Waals surface area contributed by atoms with Gasteiger partial charge in [0.15, 0.2) is 0 Å². The van der Waals surface area contributed by atoms with Crippen LogP contribution in [0.2, 0.25) is 5.02 Å². The second-order valence-corrected chi connectivity index (χ2v) is 16.2. The fourth-order valence-corrected chi connectivity index (χ4v) is 9.57. The number of nitrogens with zero attached hydrogens (tertiary/aromatic N) is 5. The molecule has 0 bridgehead atoms. The standard InChI is InChI=1S/C43H46ClN7O5/c1-2-50(34-10-5-28(22-45)37(44)21-34)33-11-6-31(7-12-33)46-40(53)27-3-8-32(9-4-27)49-17-15-26(16-18-49)23-48-24-29-19-35-36(20-30(29)25-48)43(56)51(42(35)55)38-13-14-39(52)47-41(38)54/h3-5,8-10,19-21,26,31,33,38H,2,6-7,11-18,23-25H2,1H3,(H,46,53)(H,47,52,54)/t31-,33-,38-/m0/s1. The fraction of sp³-hybridized carbons (Fsp3) is 0.442. The van der Waals surface area contributed by atoms with Crippen molar-refractivity contribution in [1.29, 1.82) is 5.26 Å². The number of carbonyl (C=O) groups is 5. The van der Waals surface area contributed by atoms with E-state index >= 15 is 0 Å². The summed E-state index contributed by atoms with van der Waals surface area (Å²) in [4.78, 5) is 72.0. The Morgan fingerprint density at radius 1 is 0.893 bits per heavy atom. The molecule has 5 amide bonds. The zero-order valence-electron chi connectivity index (χ0n) is 31.6. The zero-order valence-corrected chi connectivity index (χ0v) is 32.3. The Morgan fingerprint density at radius 2 is 1.55 bits per heavy atom. The third kappa shape index (κ3) is 7.38. The molecule has 3 fully saturated rings.